The largest absolute Gasteiger partial charge is 0.292 e. The molecule has 0 aliphatic rings. The first-order valence-corrected chi connectivity index (χ1v) is 10.6. The smallest absolute Gasteiger partial charge is 0.255 e. The van der Waals surface area contributed by atoms with Crippen LogP contribution in [-0.4, -0.2) is 39.6 Å². The van der Waals surface area contributed by atoms with E-state index < -0.39 is 0 Å². The second kappa shape index (κ2) is 8.00. The predicted octanol–water partition coefficient (Wildman–Crippen LogP) is 5.27. The zero-order valence-electron chi connectivity index (χ0n) is 19.1. The molecule has 0 radical (unpaired) electrons. The Morgan fingerprint density at radius 2 is 1.74 bits per heavy atom. The van der Waals surface area contributed by atoms with Crippen LogP contribution in [-0.2, 0) is 5.41 Å². The van der Waals surface area contributed by atoms with Gasteiger partial charge in [-0.3, -0.25) is 5.10 Å². The lowest BCUT2D eigenvalue weighted by atomic mass is 9.91. The van der Waals surface area contributed by atoms with Crippen LogP contribution < -0.4 is 0 Å². The van der Waals surface area contributed by atoms with E-state index in [1.165, 1.54) is 4.68 Å². The third-order valence-corrected chi connectivity index (χ3v) is 5.22. The summed E-state index contributed by atoms with van der Waals surface area (Å²) in [5.41, 5.74) is 3.34. The SMILES string of the molecule is [C-]#[N+]c1c(C)nn(-c2ncccn2)c1N=Nc1c(C(C)(C)C)[nH]n2c(-c3ccccc3)nnc12. The number of hydrogen-bond donors (Lipinski definition) is 1. The van der Waals surface area contributed by atoms with Crippen LogP contribution in [0.1, 0.15) is 32.2 Å². The van der Waals surface area contributed by atoms with E-state index in [2.05, 4.69) is 66.2 Å². The molecule has 0 fully saturated rings. The lowest BCUT2D eigenvalue weighted by Crippen LogP contribution is -2.12. The topological polar surface area (TPSA) is 119 Å². The fraction of sp³-hybridized carbons (Fsp3) is 0.217. The third kappa shape index (κ3) is 3.51. The number of aromatic amines is 1. The van der Waals surface area contributed by atoms with Gasteiger partial charge < -0.3 is 0 Å². The number of hydrogen-bond acceptors (Lipinski definition) is 7. The fourth-order valence-corrected chi connectivity index (χ4v) is 3.58. The van der Waals surface area contributed by atoms with Gasteiger partial charge >= 0.3 is 0 Å². The van der Waals surface area contributed by atoms with Gasteiger partial charge in [0.15, 0.2) is 17.3 Å². The standard InChI is InChI=1S/C23H21N11/c1-14-16(24-5)20(34(31-14)22-25-12-9-13-26-22)29-27-17-18(23(2,3)4)32-33-19(28-30-21(17)33)15-10-7-6-8-11-15/h6-13,32H,1-4H3. The van der Waals surface area contributed by atoms with Crippen LogP contribution in [0.4, 0.5) is 17.2 Å². The zero-order chi connectivity index (χ0) is 23.9. The summed E-state index contributed by atoms with van der Waals surface area (Å²) in [6.45, 7) is 15.6. The van der Waals surface area contributed by atoms with Crippen molar-refractivity contribution in [1.29, 1.82) is 0 Å². The molecule has 0 atom stereocenters. The summed E-state index contributed by atoms with van der Waals surface area (Å²) >= 11 is 0. The number of rotatable bonds is 4. The Balaban J connectivity index is 1.69. The molecule has 1 aromatic carbocycles. The molecule has 0 saturated carbocycles. The maximum Gasteiger partial charge on any atom is 0.255 e. The monoisotopic (exact) mass is 451 g/mol. The van der Waals surface area contributed by atoms with Gasteiger partial charge in [-0.1, -0.05) is 51.1 Å². The molecule has 5 rings (SSSR count). The third-order valence-electron chi connectivity index (χ3n) is 5.22. The first-order chi connectivity index (χ1) is 16.4. The Morgan fingerprint density at radius 1 is 1.00 bits per heavy atom. The van der Waals surface area contributed by atoms with Gasteiger partial charge in [0.1, 0.15) is 0 Å². The molecule has 0 aliphatic heterocycles. The lowest BCUT2D eigenvalue weighted by Gasteiger charge is -2.16. The van der Waals surface area contributed by atoms with Crippen molar-refractivity contribution in [1.82, 2.24) is 39.6 Å². The molecule has 4 aromatic heterocycles. The van der Waals surface area contributed by atoms with Crippen LogP contribution in [0.25, 0.3) is 27.8 Å². The number of fused-ring (bicyclic) bond motifs is 1. The van der Waals surface area contributed by atoms with E-state index in [9.17, 15) is 0 Å². The van der Waals surface area contributed by atoms with Crippen molar-refractivity contribution in [2.24, 2.45) is 10.2 Å². The lowest BCUT2D eigenvalue weighted by molar-refractivity contribution is 0.563. The molecule has 4 heterocycles. The summed E-state index contributed by atoms with van der Waals surface area (Å²) in [7, 11) is 0. The number of benzene rings is 1. The van der Waals surface area contributed by atoms with Gasteiger partial charge in [-0.05, 0) is 13.0 Å². The normalized spacial score (nSPS) is 12.0. The van der Waals surface area contributed by atoms with Gasteiger partial charge in [-0.25, -0.2) is 19.3 Å². The minimum atomic E-state index is -0.287. The van der Waals surface area contributed by atoms with E-state index in [-0.39, 0.29) is 16.9 Å². The maximum atomic E-state index is 7.62. The van der Waals surface area contributed by atoms with Gasteiger partial charge in [0.05, 0.1) is 18.0 Å². The van der Waals surface area contributed by atoms with Crippen molar-refractivity contribution >= 4 is 22.8 Å². The van der Waals surface area contributed by atoms with Crippen LogP contribution in [0.15, 0.2) is 59.0 Å². The Morgan fingerprint density at radius 3 is 2.41 bits per heavy atom. The molecule has 168 valence electrons. The van der Waals surface area contributed by atoms with Crippen molar-refractivity contribution in [2.45, 2.75) is 33.1 Å². The van der Waals surface area contributed by atoms with Crippen molar-refractivity contribution in [3.63, 3.8) is 0 Å². The van der Waals surface area contributed by atoms with Crippen LogP contribution in [0, 0.1) is 13.5 Å². The average Bonchev–Trinajstić information content (AvgIpc) is 3.50. The molecule has 0 amide bonds. The van der Waals surface area contributed by atoms with Gasteiger partial charge in [0.2, 0.25) is 5.65 Å². The van der Waals surface area contributed by atoms with Crippen LogP contribution in [0.5, 0.6) is 0 Å². The summed E-state index contributed by atoms with van der Waals surface area (Å²) in [4.78, 5) is 12.1. The van der Waals surface area contributed by atoms with E-state index >= 15 is 0 Å². The summed E-state index contributed by atoms with van der Waals surface area (Å²) < 4.78 is 3.23. The predicted molar refractivity (Wildman–Crippen MR) is 126 cm³/mol. The zero-order valence-corrected chi connectivity index (χ0v) is 19.1. The molecule has 11 heteroatoms. The quantitative estimate of drug-likeness (QED) is 0.295. The van der Waals surface area contributed by atoms with Gasteiger partial charge in [-0.2, -0.15) is 9.78 Å². The highest BCUT2D eigenvalue weighted by Gasteiger charge is 2.27. The summed E-state index contributed by atoms with van der Waals surface area (Å²) in [5, 5.41) is 25.6. The Kier molecular flexibility index (Phi) is 4.98. The number of aryl methyl sites for hydroxylation is 1. The van der Waals surface area contributed by atoms with Gasteiger partial charge in [-0.15, -0.1) is 20.4 Å². The highest BCUT2D eigenvalue weighted by atomic mass is 15.4. The molecule has 0 saturated heterocycles. The Labute approximate surface area is 195 Å². The second-order valence-corrected chi connectivity index (χ2v) is 8.66. The number of aromatic nitrogens is 8. The summed E-state index contributed by atoms with van der Waals surface area (Å²) in [6.07, 6.45) is 3.21. The van der Waals surface area contributed by atoms with E-state index in [1.54, 1.807) is 25.4 Å². The van der Waals surface area contributed by atoms with E-state index in [4.69, 9.17) is 6.57 Å². The van der Waals surface area contributed by atoms with Crippen molar-refractivity contribution in [3.8, 4) is 17.3 Å². The highest BCUT2D eigenvalue weighted by Crippen LogP contribution is 2.38. The van der Waals surface area contributed by atoms with Crippen molar-refractivity contribution in [3.05, 3.63) is 71.6 Å². The van der Waals surface area contributed by atoms with Crippen LogP contribution in [0.3, 0.4) is 0 Å². The number of nitrogens with one attached hydrogen (secondary N) is 1. The summed E-state index contributed by atoms with van der Waals surface area (Å²) in [5.74, 6) is 1.22. The van der Waals surface area contributed by atoms with E-state index in [0.717, 1.165) is 11.3 Å². The van der Waals surface area contributed by atoms with Gasteiger partial charge in [0, 0.05) is 23.4 Å². The van der Waals surface area contributed by atoms with Crippen molar-refractivity contribution in [2.75, 3.05) is 0 Å². The molecule has 0 aliphatic carbocycles. The number of H-pyrrole nitrogens is 1. The average molecular weight is 451 g/mol. The molecular weight excluding hydrogens is 430 g/mol. The fourth-order valence-electron chi connectivity index (χ4n) is 3.58. The van der Waals surface area contributed by atoms with Gasteiger partial charge in [0.25, 0.3) is 11.6 Å². The minimum absolute atomic E-state index is 0.251. The molecule has 0 bridgehead atoms. The molecule has 1 N–H and O–H groups in total. The first-order valence-electron chi connectivity index (χ1n) is 10.6. The van der Waals surface area contributed by atoms with Crippen LogP contribution >= 0.6 is 0 Å². The molecule has 34 heavy (non-hydrogen) atoms. The van der Waals surface area contributed by atoms with Crippen molar-refractivity contribution < 1.29 is 0 Å². The minimum Gasteiger partial charge on any atom is -0.292 e. The molecule has 0 unspecified atom stereocenters. The Bertz CT molecular complexity index is 1540. The second-order valence-electron chi connectivity index (χ2n) is 8.66. The first kappa shape index (κ1) is 21.1. The van der Waals surface area contributed by atoms with Crippen LogP contribution in [0.2, 0.25) is 0 Å². The number of azo groups is 1. The summed E-state index contributed by atoms with van der Waals surface area (Å²) in [6, 6.07) is 11.5. The molecular formula is C23H21N11. The van der Waals surface area contributed by atoms with E-state index in [0.29, 0.717) is 28.8 Å². The molecule has 5 aromatic rings. The highest BCUT2D eigenvalue weighted by molar-refractivity contribution is 5.72. The Hall–Kier alpha value is -4.72. The maximum absolute atomic E-state index is 7.62. The molecule has 11 nitrogen and oxygen atoms in total. The van der Waals surface area contributed by atoms with E-state index in [1.807, 2.05) is 34.8 Å². The molecule has 0 spiro atoms. The number of nitrogens with zero attached hydrogens (tertiary/aromatic N) is 10.